The lowest BCUT2D eigenvalue weighted by molar-refractivity contribution is 0.768. The Morgan fingerprint density at radius 2 is 2.29 bits per heavy atom. The van der Waals surface area contributed by atoms with Crippen LogP contribution in [0.3, 0.4) is 0 Å². The highest BCUT2D eigenvalue weighted by atomic mass is 32.2. The smallest absolute Gasteiger partial charge is 0.129 e. The first-order valence-electron chi connectivity index (χ1n) is 4.80. The van der Waals surface area contributed by atoms with Crippen molar-refractivity contribution in [1.29, 1.82) is 0 Å². The summed E-state index contributed by atoms with van der Waals surface area (Å²) in [4.78, 5) is 8.24. The number of aryl methyl sites for hydroxylation is 1. The van der Waals surface area contributed by atoms with Crippen molar-refractivity contribution in [3.63, 3.8) is 0 Å². The van der Waals surface area contributed by atoms with Gasteiger partial charge in [-0.15, -0.1) is 0 Å². The molecule has 1 aromatic rings. The second-order valence-electron chi connectivity index (χ2n) is 3.25. The largest absolute Gasteiger partial charge is 0.366 e. The lowest BCUT2D eigenvalue weighted by atomic mass is 10.2. The van der Waals surface area contributed by atoms with Gasteiger partial charge in [-0.25, -0.2) is 9.97 Å². The Kier molecular flexibility index (Phi) is 4.73. The highest BCUT2D eigenvalue weighted by Gasteiger charge is 2.05. The lowest BCUT2D eigenvalue weighted by Crippen LogP contribution is -2.21. The van der Waals surface area contributed by atoms with Crippen LogP contribution < -0.4 is 5.32 Å². The molecule has 78 valence electrons. The summed E-state index contributed by atoms with van der Waals surface area (Å²) in [5.74, 6) is 2.04. The number of nitrogens with zero attached hydrogens (tertiary/aromatic N) is 2. The van der Waals surface area contributed by atoms with Crippen LogP contribution in [-0.2, 0) is 0 Å². The van der Waals surface area contributed by atoms with Gasteiger partial charge in [-0.1, -0.05) is 6.92 Å². The quantitative estimate of drug-likeness (QED) is 0.811. The molecule has 1 atom stereocenters. The summed E-state index contributed by atoms with van der Waals surface area (Å²) in [5, 5.41) is 3.40. The van der Waals surface area contributed by atoms with Crippen LogP contribution in [0.4, 0.5) is 5.82 Å². The SMILES string of the molecule is CCC(CSC)Nc1cc(C)ncn1. The predicted octanol–water partition coefficient (Wildman–Crippen LogP) is 2.34. The van der Waals surface area contributed by atoms with E-state index in [0.29, 0.717) is 6.04 Å². The standard InChI is InChI=1S/C10H17N3S/c1-4-9(6-14-3)13-10-5-8(2)11-7-12-10/h5,7,9H,4,6H2,1-3H3,(H,11,12,13). The summed E-state index contributed by atoms with van der Waals surface area (Å²) in [6.45, 7) is 4.16. The van der Waals surface area contributed by atoms with E-state index in [0.717, 1.165) is 23.7 Å². The van der Waals surface area contributed by atoms with E-state index in [1.165, 1.54) is 0 Å². The van der Waals surface area contributed by atoms with Gasteiger partial charge < -0.3 is 5.32 Å². The highest BCUT2D eigenvalue weighted by Crippen LogP contribution is 2.09. The zero-order valence-corrected chi connectivity index (χ0v) is 9.77. The predicted molar refractivity (Wildman–Crippen MR) is 62.9 cm³/mol. The summed E-state index contributed by atoms with van der Waals surface area (Å²) >= 11 is 1.85. The first kappa shape index (κ1) is 11.3. The number of aromatic nitrogens is 2. The van der Waals surface area contributed by atoms with Crippen molar-refractivity contribution in [2.45, 2.75) is 26.3 Å². The van der Waals surface area contributed by atoms with Crippen molar-refractivity contribution in [2.75, 3.05) is 17.3 Å². The van der Waals surface area contributed by atoms with Crippen LogP contribution in [0.5, 0.6) is 0 Å². The molecule has 14 heavy (non-hydrogen) atoms. The van der Waals surface area contributed by atoms with Crippen LogP contribution in [0.1, 0.15) is 19.0 Å². The summed E-state index contributed by atoms with van der Waals surface area (Å²) < 4.78 is 0. The monoisotopic (exact) mass is 211 g/mol. The van der Waals surface area contributed by atoms with Gasteiger partial charge >= 0.3 is 0 Å². The molecule has 4 heteroatoms. The number of hydrogen-bond acceptors (Lipinski definition) is 4. The van der Waals surface area contributed by atoms with Gasteiger partial charge in [0.2, 0.25) is 0 Å². The van der Waals surface area contributed by atoms with Crippen molar-refractivity contribution < 1.29 is 0 Å². The Bertz CT molecular complexity index is 278. The zero-order valence-electron chi connectivity index (χ0n) is 8.95. The fourth-order valence-corrected chi connectivity index (χ4v) is 1.93. The molecule has 0 bridgehead atoms. The third-order valence-corrected chi connectivity index (χ3v) is 2.75. The Labute approximate surface area is 89.7 Å². The van der Waals surface area contributed by atoms with E-state index in [-0.39, 0.29) is 0 Å². The molecule has 1 heterocycles. The molecule has 1 N–H and O–H groups in total. The van der Waals surface area contributed by atoms with Crippen molar-refractivity contribution >= 4 is 17.6 Å². The van der Waals surface area contributed by atoms with E-state index in [2.05, 4.69) is 28.5 Å². The van der Waals surface area contributed by atoms with Crippen LogP contribution in [-0.4, -0.2) is 28.0 Å². The van der Waals surface area contributed by atoms with Gasteiger partial charge in [-0.05, 0) is 19.6 Å². The number of rotatable bonds is 5. The van der Waals surface area contributed by atoms with Crippen molar-refractivity contribution in [3.05, 3.63) is 18.1 Å². The fraction of sp³-hybridized carbons (Fsp3) is 0.600. The van der Waals surface area contributed by atoms with Gasteiger partial charge in [0.05, 0.1) is 0 Å². The minimum atomic E-state index is 0.499. The first-order valence-corrected chi connectivity index (χ1v) is 6.19. The number of anilines is 1. The van der Waals surface area contributed by atoms with Gasteiger partial charge in [0.15, 0.2) is 0 Å². The summed E-state index contributed by atoms with van der Waals surface area (Å²) in [6, 6.07) is 2.47. The van der Waals surface area contributed by atoms with Crippen LogP contribution in [0.15, 0.2) is 12.4 Å². The second kappa shape index (κ2) is 5.86. The number of thioether (sulfide) groups is 1. The van der Waals surface area contributed by atoms with E-state index in [1.54, 1.807) is 6.33 Å². The molecular weight excluding hydrogens is 194 g/mol. The average molecular weight is 211 g/mol. The van der Waals surface area contributed by atoms with Gasteiger partial charge in [0.25, 0.3) is 0 Å². The van der Waals surface area contributed by atoms with Gasteiger partial charge in [0, 0.05) is 23.6 Å². The molecule has 0 radical (unpaired) electrons. The van der Waals surface area contributed by atoms with Crippen LogP contribution in [0, 0.1) is 6.92 Å². The molecule has 0 spiro atoms. The van der Waals surface area contributed by atoms with Crippen molar-refractivity contribution in [1.82, 2.24) is 9.97 Å². The molecule has 0 amide bonds. The zero-order chi connectivity index (χ0) is 10.4. The molecule has 1 aromatic heterocycles. The summed E-state index contributed by atoms with van der Waals surface area (Å²) in [5.41, 5.74) is 1.00. The summed E-state index contributed by atoms with van der Waals surface area (Å²) in [6.07, 6.45) is 4.84. The Morgan fingerprint density at radius 3 is 2.86 bits per heavy atom. The normalized spacial score (nSPS) is 12.5. The molecule has 1 unspecified atom stereocenters. The Morgan fingerprint density at radius 1 is 1.50 bits per heavy atom. The van der Waals surface area contributed by atoms with Gasteiger partial charge in [-0.3, -0.25) is 0 Å². The van der Waals surface area contributed by atoms with Crippen LogP contribution in [0.25, 0.3) is 0 Å². The maximum Gasteiger partial charge on any atom is 0.129 e. The molecule has 0 saturated heterocycles. The molecule has 0 aliphatic carbocycles. The molecule has 0 aliphatic rings. The minimum absolute atomic E-state index is 0.499. The van der Waals surface area contributed by atoms with E-state index < -0.39 is 0 Å². The van der Waals surface area contributed by atoms with Crippen molar-refractivity contribution in [2.24, 2.45) is 0 Å². The molecule has 0 aromatic carbocycles. The molecule has 0 aliphatic heterocycles. The first-order chi connectivity index (χ1) is 6.76. The molecule has 0 saturated carbocycles. The number of hydrogen-bond donors (Lipinski definition) is 1. The lowest BCUT2D eigenvalue weighted by Gasteiger charge is -2.16. The molecule has 1 rings (SSSR count). The van der Waals surface area contributed by atoms with E-state index in [1.807, 2.05) is 24.8 Å². The Hall–Kier alpha value is -0.770. The fourth-order valence-electron chi connectivity index (χ4n) is 1.21. The minimum Gasteiger partial charge on any atom is -0.366 e. The van der Waals surface area contributed by atoms with Gasteiger partial charge in [0.1, 0.15) is 12.1 Å². The second-order valence-corrected chi connectivity index (χ2v) is 4.16. The van der Waals surface area contributed by atoms with E-state index >= 15 is 0 Å². The average Bonchev–Trinajstić information content (AvgIpc) is 2.17. The van der Waals surface area contributed by atoms with E-state index in [4.69, 9.17) is 0 Å². The topological polar surface area (TPSA) is 37.8 Å². The molecular formula is C10H17N3S. The maximum atomic E-state index is 4.18. The van der Waals surface area contributed by atoms with Gasteiger partial charge in [-0.2, -0.15) is 11.8 Å². The van der Waals surface area contributed by atoms with E-state index in [9.17, 15) is 0 Å². The third kappa shape index (κ3) is 3.54. The highest BCUT2D eigenvalue weighted by molar-refractivity contribution is 7.98. The molecule has 0 fully saturated rings. The Balaban J connectivity index is 2.57. The number of nitrogens with one attached hydrogen (secondary N) is 1. The van der Waals surface area contributed by atoms with Crippen LogP contribution >= 0.6 is 11.8 Å². The van der Waals surface area contributed by atoms with Crippen molar-refractivity contribution in [3.8, 4) is 0 Å². The van der Waals surface area contributed by atoms with Crippen LogP contribution in [0.2, 0.25) is 0 Å². The maximum absolute atomic E-state index is 4.18. The molecule has 3 nitrogen and oxygen atoms in total. The third-order valence-electron chi connectivity index (χ3n) is 2.02. The summed E-state index contributed by atoms with van der Waals surface area (Å²) in [7, 11) is 0.